The second-order valence-electron chi connectivity index (χ2n) is 4.54. The van der Waals surface area contributed by atoms with E-state index in [1.165, 1.54) is 0 Å². The van der Waals surface area contributed by atoms with Crippen molar-refractivity contribution in [1.29, 1.82) is 0 Å². The fourth-order valence-corrected chi connectivity index (χ4v) is 2.27. The van der Waals surface area contributed by atoms with Crippen molar-refractivity contribution < 1.29 is 10.2 Å². The van der Waals surface area contributed by atoms with Gasteiger partial charge in [-0.05, 0) is 25.0 Å². The molecule has 0 heterocycles. The van der Waals surface area contributed by atoms with Crippen LogP contribution in [0.25, 0.3) is 0 Å². The zero-order chi connectivity index (χ0) is 13.0. The van der Waals surface area contributed by atoms with Crippen molar-refractivity contribution in [3.63, 3.8) is 0 Å². The molecule has 2 N–H and O–H groups in total. The van der Waals surface area contributed by atoms with Gasteiger partial charge in [0.15, 0.2) is 0 Å². The van der Waals surface area contributed by atoms with Crippen LogP contribution in [0.1, 0.15) is 29.0 Å². The van der Waals surface area contributed by atoms with E-state index < -0.39 is 0 Å². The van der Waals surface area contributed by atoms with Crippen LogP contribution in [0.5, 0.6) is 5.75 Å². The molecule has 94 valence electrons. The molecule has 0 unspecified atom stereocenters. The van der Waals surface area contributed by atoms with Crippen LogP contribution < -0.4 is 0 Å². The maximum Gasteiger partial charge on any atom is 0.119 e. The predicted molar refractivity (Wildman–Crippen MR) is 72.8 cm³/mol. The average Bonchev–Trinajstić information content (AvgIpc) is 2.40. The number of aliphatic hydroxyl groups excluding tert-OH is 1. The minimum atomic E-state index is 0.0381. The van der Waals surface area contributed by atoms with Crippen LogP contribution in [0.15, 0.2) is 48.5 Å². The van der Waals surface area contributed by atoms with Crippen molar-refractivity contribution in [2.45, 2.75) is 19.3 Å². The van der Waals surface area contributed by atoms with Gasteiger partial charge in [-0.15, -0.1) is 0 Å². The van der Waals surface area contributed by atoms with Gasteiger partial charge in [0.05, 0.1) is 0 Å². The van der Waals surface area contributed by atoms with Crippen LogP contribution in [0.2, 0.25) is 0 Å². The van der Waals surface area contributed by atoms with Crippen LogP contribution in [-0.4, -0.2) is 16.8 Å². The molecule has 2 nitrogen and oxygen atoms in total. The highest BCUT2D eigenvalue weighted by atomic mass is 16.3. The van der Waals surface area contributed by atoms with E-state index in [4.69, 9.17) is 0 Å². The first-order valence-corrected chi connectivity index (χ1v) is 6.17. The number of hydrogen-bond donors (Lipinski definition) is 2. The Morgan fingerprint density at radius 2 is 1.78 bits per heavy atom. The van der Waals surface area contributed by atoms with Gasteiger partial charge in [0.2, 0.25) is 0 Å². The van der Waals surface area contributed by atoms with Gasteiger partial charge in [-0.1, -0.05) is 48.0 Å². The lowest BCUT2D eigenvalue weighted by Gasteiger charge is -2.18. The first kappa shape index (κ1) is 12.7. The Kier molecular flexibility index (Phi) is 4.00. The zero-order valence-corrected chi connectivity index (χ0v) is 10.5. The summed E-state index contributed by atoms with van der Waals surface area (Å²) < 4.78 is 0. The Hall–Kier alpha value is -1.80. The summed E-state index contributed by atoms with van der Waals surface area (Å²) in [7, 11) is 0. The summed E-state index contributed by atoms with van der Waals surface area (Å²) in [6.07, 6.45) is 0.612. The van der Waals surface area contributed by atoms with Gasteiger partial charge in [-0.3, -0.25) is 0 Å². The number of phenols is 1. The first-order chi connectivity index (χ1) is 8.72. The number of benzene rings is 2. The molecule has 0 amide bonds. The van der Waals surface area contributed by atoms with Gasteiger partial charge in [-0.2, -0.15) is 0 Å². The SMILES string of the molecule is Cc1ccc(O)c([C@H](CCO)c2ccccc2)c1. The van der Waals surface area contributed by atoms with E-state index in [9.17, 15) is 10.2 Å². The fourth-order valence-electron chi connectivity index (χ4n) is 2.27. The third-order valence-electron chi connectivity index (χ3n) is 3.18. The number of aromatic hydroxyl groups is 1. The molecule has 0 aliphatic rings. The number of phenolic OH excluding ortho intramolecular Hbond substituents is 1. The predicted octanol–water partition coefficient (Wildman–Crippen LogP) is 3.21. The fraction of sp³-hybridized carbons (Fsp3) is 0.250. The van der Waals surface area contributed by atoms with E-state index in [0.717, 1.165) is 16.7 Å². The molecule has 0 aromatic heterocycles. The molecule has 0 radical (unpaired) electrons. The lowest BCUT2D eigenvalue weighted by molar-refractivity contribution is 0.280. The van der Waals surface area contributed by atoms with Crippen molar-refractivity contribution in [3.8, 4) is 5.75 Å². The highest BCUT2D eigenvalue weighted by molar-refractivity contribution is 5.43. The minimum Gasteiger partial charge on any atom is -0.508 e. The maximum atomic E-state index is 10.0. The molecule has 18 heavy (non-hydrogen) atoms. The van der Waals surface area contributed by atoms with Crippen LogP contribution in [0, 0.1) is 6.92 Å². The molecule has 0 aliphatic heterocycles. The summed E-state index contributed by atoms with van der Waals surface area (Å²) in [5, 5.41) is 19.2. The Morgan fingerprint density at radius 1 is 1.06 bits per heavy atom. The number of aryl methyl sites for hydroxylation is 1. The standard InChI is InChI=1S/C16H18O2/c1-12-7-8-16(18)15(11-12)14(9-10-17)13-5-3-2-4-6-13/h2-8,11,14,17-18H,9-10H2,1H3/t14-/m1/s1. The molecule has 0 bridgehead atoms. The molecule has 1 atom stereocenters. The second kappa shape index (κ2) is 5.69. The van der Waals surface area contributed by atoms with Crippen LogP contribution in [0.4, 0.5) is 0 Å². The third-order valence-corrected chi connectivity index (χ3v) is 3.18. The number of hydrogen-bond acceptors (Lipinski definition) is 2. The summed E-state index contributed by atoms with van der Waals surface area (Å²) >= 11 is 0. The van der Waals surface area contributed by atoms with Crippen molar-refractivity contribution in [2.24, 2.45) is 0 Å². The molecule has 2 aromatic carbocycles. The highest BCUT2D eigenvalue weighted by Gasteiger charge is 2.17. The molecule has 2 aromatic rings. The lowest BCUT2D eigenvalue weighted by atomic mass is 9.87. The average molecular weight is 242 g/mol. The smallest absolute Gasteiger partial charge is 0.119 e. The topological polar surface area (TPSA) is 40.5 Å². The third kappa shape index (κ3) is 2.71. The molecule has 0 fully saturated rings. The molecular formula is C16H18O2. The van der Waals surface area contributed by atoms with Gasteiger partial charge in [0.1, 0.15) is 5.75 Å². The number of rotatable bonds is 4. The van der Waals surface area contributed by atoms with Gasteiger partial charge >= 0.3 is 0 Å². The molecule has 2 heteroatoms. The van der Waals surface area contributed by atoms with Crippen molar-refractivity contribution in [2.75, 3.05) is 6.61 Å². The van der Waals surface area contributed by atoms with Crippen molar-refractivity contribution >= 4 is 0 Å². The summed E-state index contributed by atoms with van der Waals surface area (Å²) in [6.45, 7) is 2.11. The number of aliphatic hydroxyl groups is 1. The maximum absolute atomic E-state index is 10.0. The first-order valence-electron chi connectivity index (χ1n) is 6.17. The van der Waals surface area contributed by atoms with Gasteiger partial charge in [-0.25, -0.2) is 0 Å². The van der Waals surface area contributed by atoms with Crippen molar-refractivity contribution in [1.82, 2.24) is 0 Å². The normalized spacial score (nSPS) is 12.3. The van der Waals surface area contributed by atoms with E-state index in [2.05, 4.69) is 0 Å². The Labute approximate surface area is 108 Å². The van der Waals surface area contributed by atoms with Crippen molar-refractivity contribution in [3.05, 3.63) is 65.2 Å². The van der Waals surface area contributed by atoms with E-state index in [1.807, 2.05) is 49.4 Å². The van der Waals surface area contributed by atoms with Crippen LogP contribution in [0.3, 0.4) is 0 Å². The molecule has 0 saturated carbocycles. The highest BCUT2D eigenvalue weighted by Crippen LogP contribution is 2.34. The molecule has 0 saturated heterocycles. The van der Waals surface area contributed by atoms with Crippen LogP contribution in [-0.2, 0) is 0 Å². The largest absolute Gasteiger partial charge is 0.508 e. The minimum absolute atomic E-state index is 0.0381. The van der Waals surface area contributed by atoms with Gasteiger partial charge < -0.3 is 10.2 Å². The van der Waals surface area contributed by atoms with Crippen LogP contribution >= 0.6 is 0 Å². The molecular weight excluding hydrogens is 224 g/mol. The summed E-state index contributed by atoms with van der Waals surface area (Å²) in [5.41, 5.74) is 3.12. The molecule has 0 spiro atoms. The summed E-state index contributed by atoms with van der Waals surface area (Å²) in [5.74, 6) is 0.332. The second-order valence-corrected chi connectivity index (χ2v) is 4.54. The zero-order valence-electron chi connectivity index (χ0n) is 10.5. The van der Waals surface area contributed by atoms with E-state index in [1.54, 1.807) is 6.07 Å². The van der Waals surface area contributed by atoms with E-state index in [-0.39, 0.29) is 12.5 Å². The Bertz CT molecular complexity index is 506. The molecule has 0 aliphatic carbocycles. The summed E-state index contributed by atoms with van der Waals surface area (Å²) in [4.78, 5) is 0. The monoisotopic (exact) mass is 242 g/mol. The Balaban J connectivity index is 2.44. The van der Waals surface area contributed by atoms with Gasteiger partial charge in [0, 0.05) is 18.1 Å². The van der Waals surface area contributed by atoms with E-state index >= 15 is 0 Å². The lowest BCUT2D eigenvalue weighted by Crippen LogP contribution is -2.04. The Morgan fingerprint density at radius 3 is 2.44 bits per heavy atom. The van der Waals surface area contributed by atoms with E-state index in [0.29, 0.717) is 12.2 Å². The molecule has 2 rings (SSSR count). The van der Waals surface area contributed by atoms with Gasteiger partial charge in [0.25, 0.3) is 0 Å². The summed E-state index contributed by atoms with van der Waals surface area (Å²) in [6, 6.07) is 15.6. The quantitative estimate of drug-likeness (QED) is 0.864.